The second-order valence-corrected chi connectivity index (χ2v) is 4.80. The fourth-order valence-corrected chi connectivity index (χ4v) is 2.57. The topological polar surface area (TPSA) is 47.0 Å². The summed E-state index contributed by atoms with van der Waals surface area (Å²) in [7, 11) is 3.58. The molecule has 1 aromatic carbocycles. The number of para-hydroxylation sites is 1. The van der Waals surface area contributed by atoms with Crippen LogP contribution in [0.4, 0.5) is 0 Å². The number of aromatic nitrogens is 2. The molecule has 4 nitrogen and oxygen atoms in total. The van der Waals surface area contributed by atoms with Gasteiger partial charge in [0, 0.05) is 17.8 Å². The number of nitrogens with one attached hydrogen (secondary N) is 1. The lowest BCUT2D eigenvalue weighted by atomic mass is 9.97. The van der Waals surface area contributed by atoms with Crippen molar-refractivity contribution in [2.24, 2.45) is 0 Å². The van der Waals surface area contributed by atoms with Crippen LogP contribution in [-0.2, 0) is 0 Å². The molecule has 3 rings (SSSR count). The first kappa shape index (κ1) is 13.5. The molecule has 21 heavy (non-hydrogen) atoms. The largest absolute Gasteiger partial charge is 0.495 e. The molecule has 0 bridgehead atoms. The molecule has 106 valence electrons. The average Bonchev–Trinajstić information content (AvgIpc) is 2.56. The van der Waals surface area contributed by atoms with Gasteiger partial charge in [0.05, 0.1) is 24.9 Å². The molecule has 4 heteroatoms. The molecule has 1 atom stereocenters. The standard InChI is InChI=1S/C17H17N3O/c1-18-16(13-9-14(21-2)11-19-10-13)15-7-3-5-12-6-4-8-20-17(12)15/h3-11,16,18H,1-2H3. The van der Waals surface area contributed by atoms with Crippen molar-refractivity contribution in [3.63, 3.8) is 0 Å². The van der Waals surface area contributed by atoms with E-state index in [1.165, 1.54) is 0 Å². The maximum Gasteiger partial charge on any atom is 0.137 e. The Balaban J connectivity index is 2.13. The molecule has 0 aliphatic rings. The van der Waals surface area contributed by atoms with Crippen molar-refractivity contribution in [1.29, 1.82) is 0 Å². The molecule has 0 amide bonds. The SMILES string of the molecule is CNC(c1cncc(OC)c1)c1cccc2cccnc12. The summed E-state index contributed by atoms with van der Waals surface area (Å²) in [5.41, 5.74) is 3.18. The number of pyridine rings is 2. The van der Waals surface area contributed by atoms with Crippen LogP contribution in [0.25, 0.3) is 10.9 Å². The lowest BCUT2D eigenvalue weighted by molar-refractivity contribution is 0.411. The lowest BCUT2D eigenvalue weighted by Crippen LogP contribution is -2.18. The molecular weight excluding hydrogens is 262 g/mol. The number of fused-ring (bicyclic) bond motifs is 1. The molecule has 0 fully saturated rings. The van der Waals surface area contributed by atoms with Gasteiger partial charge in [-0.1, -0.05) is 24.3 Å². The molecule has 2 aromatic heterocycles. The summed E-state index contributed by atoms with van der Waals surface area (Å²) in [6.07, 6.45) is 5.38. The van der Waals surface area contributed by atoms with Crippen molar-refractivity contribution >= 4 is 10.9 Å². The Labute approximate surface area is 123 Å². The Hall–Kier alpha value is -2.46. The van der Waals surface area contributed by atoms with Gasteiger partial charge in [0.1, 0.15) is 5.75 Å². The Kier molecular flexibility index (Phi) is 3.79. The van der Waals surface area contributed by atoms with Gasteiger partial charge in [0.2, 0.25) is 0 Å². The highest BCUT2D eigenvalue weighted by Gasteiger charge is 2.16. The fourth-order valence-electron chi connectivity index (χ4n) is 2.57. The van der Waals surface area contributed by atoms with Crippen molar-refractivity contribution in [2.45, 2.75) is 6.04 Å². The van der Waals surface area contributed by atoms with E-state index in [9.17, 15) is 0 Å². The third-order valence-corrected chi connectivity index (χ3v) is 3.57. The molecule has 2 heterocycles. The van der Waals surface area contributed by atoms with Crippen LogP contribution in [0.15, 0.2) is 55.0 Å². The first-order valence-corrected chi connectivity index (χ1v) is 6.83. The van der Waals surface area contributed by atoms with E-state index in [-0.39, 0.29) is 6.04 Å². The molecule has 1 N–H and O–H groups in total. The quantitative estimate of drug-likeness (QED) is 0.797. The maximum atomic E-state index is 5.27. The van der Waals surface area contributed by atoms with Crippen molar-refractivity contribution in [3.05, 3.63) is 66.1 Å². The number of rotatable bonds is 4. The van der Waals surface area contributed by atoms with Crippen molar-refractivity contribution in [3.8, 4) is 5.75 Å². The number of nitrogens with zero attached hydrogens (tertiary/aromatic N) is 2. The number of methoxy groups -OCH3 is 1. The second-order valence-electron chi connectivity index (χ2n) is 4.80. The minimum absolute atomic E-state index is 0.0196. The van der Waals surface area contributed by atoms with Crippen molar-refractivity contribution < 1.29 is 4.74 Å². The van der Waals surface area contributed by atoms with E-state index < -0.39 is 0 Å². The number of ether oxygens (including phenoxy) is 1. The zero-order chi connectivity index (χ0) is 14.7. The van der Waals surface area contributed by atoms with E-state index in [2.05, 4.69) is 39.6 Å². The normalized spacial score (nSPS) is 12.3. The average molecular weight is 279 g/mol. The molecule has 0 spiro atoms. The van der Waals surface area contributed by atoms with E-state index in [1.807, 2.05) is 31.6 Å². The molecule has 0 saturated carbocycles. The summed E-state index contributed by atoms with van der Waals surface area (Å²) in [6.45, 7) is 0. The van der Waals surface area contributed by atoms with Crippen molar-refractivity contribution in [1.82, 2.24) is 15.3 Å². The van der Waals surface area contributed by atoms with Gasteiger partial charge in [0.15, 0.2) is 0 Å². The summed E-state index contributed by atoms with van der Waals surface area (Å²) >= 11 is 0. The van der Waals surface area contributed by atoms with Gasteiger partial charge >= 0.3 is 0 Å². The fraction of sp³-hybridized carbons (Fsp3) is 0.176. The van der Waals surface area contributed by atoms with E-state index in [1.54, 1.807) is 13.3 Å². The number of benzene rings is 1. The van der Waals surface area contributed by atoms with Gasteiger partial charge in [0.25, 0.3) is 0 Å². The van der Waals surface area contributed by atoms with E-state index >= 15 is 0 Å². The Morgan fingerprint density at radius 2 is 2.00 bits per heavy atom. The second kappa shape index (κ2) is 5.89. The lowest BCUT2D eigenvalue weighted by Gasteiger charge is -2.18. The highest BCUT2D eigenvalue weighted by molar-refractivity contribution is 5.82. The van der Waals surface area contributed by atoms with Crippen molar-refractivity contribution in [2.75, 3.05) is 14.2 Å². The Bertz CT molecular complexity index is 752. The van der Waals surface area contributed by atoms with E-state index in [0.717, 1.165) is 27.8 Å². The Morgan fingerprint density at radius 3 is 2.81 bits per heavy atom. The minimum atomic E-state index is 0.0196. The monoisotopic (exact) mass is 279 g/mol. The van der Waals surface area contributed by atoms with Crippen LogP contribution < -0.4 is 10.1 Å². The minimum Gasteiger partial charge on any atom is -0.495 e. The van der Waals surface area contributed by atoms with Crippen LogP contribution in [0, 0.1) is 0 Å². The van der Waals surface area contributed by atoms with Crippen LogP contribution in [0.5, 0.6) is 5.75 Å². The summed E-state index contributed by atoms with van der Waals surface area (Å²) in [5.74, 6) is 0.751. The van der Waals surface area contributed by atoms with Gasteiger partial charge < -0.3 is 10.1 Å². The van der Waals surface area contributed by atoms with Gasteiger partial charge in [-0.3, -0.25) is 9.97 Å². The van der Waals surface area contributed by atoms with Crippen LogP contribution >= 0.6 is 0 Å². The molecular formula is C17H17N3O. The van der Waals surface area contributed by atoms with Gasteiger partial charge in [-0.2, -0.15) is 0 Å². The highest BCUT2D eigenvalue weighted by Crippen LogP contribution is 2.28. The van der Waals surface area contributed by atoms with E-state index in [4.69, 9.17) is 4.74 Å². The first-order valence-electron chi connectivity index (χ1n) is 6.83. The zero-order valence-corrected chi connectivity index (χ0v) is 12.1. The summed E-state index contributed by atoms with van der Waals surface area (Å²) < 4.78 is 5.27. The van der Waals surface area contributed by atoms with Crippen LogP contribution in [0.3, 0.4) is 0 Å². The van der Waals surface area contributed by atoms with Crippen LogP contribution in [0.2, 0.25) is 0 Å². The third kappa shape index (κ3) is 2.58. The molecule has 0 aliphatic carbocycles. The van der Waals surface area contributed by atoms with Gasteiger partial charge in [-0.15, -0.1) is 0 Å². The third-order valence-electron chi connectivity index (χ3n) is 3.57. The zero-order valence-electron chi connectivity index (χ0n) is 12.1. The van der Waals surface area contributed by atoms with Crippen LogP contribution in [-0.4, -0.2) is 24.1 Å². The summed E-state index contributed by atoms with van der Waals surface area (Å²) in [5, 5.41) is 4.47. The van der Waals surface area contributed by atoms with Gasteiger partial charge in [-0.05, 0) is 30.3 Å². The molecule has 0 radical (unpaired) electrons. The summed E-state index contributed by atoms with van der Waals surface area (Å²) in [4.78, 5) is 8.77. The molecule has 0 aliphatic heterocycles. The predicted molar refractivity (Wildman–Crippen MR) is 83.4 cm³/mol. The van der Waals surface area contributed by atoms with E-state index in [0.29, 0.717) is 0 Å². The Morgan fingerprint density at radius 1 is 1.14 bits per heavy atom. The first-order chi connectivity index (χ1) is 10.3. The molecule has 1 unspecified atom stereocenters. The molecule has 0 saturated heterocycles. The number of hydrogen-bond acceptors (Lipinski definition) is 4. The maximum absolute atomic E-state index is 5.27. The smallest absolute Gasteiger partial charge is 0.137 e. The van der Waals surface area contributed by atoms with Crippen LogP contribution in [0.1, 0.15) is 17.2 Å². The molecule has 3 aromatic rings. The highest BCUT2D eigenvalue weighted by atomic mass is 16.5. The number of hydrogen-bond donors (Lipinski definition) is 1. The predicted octanol–water partition coefficient (Wildman–Crippen LogP) is 2.95. The summed E-state index contributed by atoms with van der Waals surface area (Å²) in [6, 6.07) is 12.3. The van der Waals surface area contributed by atoms with Gasteiger partial charge in [-0.25, -0.2) is 0 Å².